The van der Waals surface area contributed by atoms with Crippen molar-refractivity contribution in [3.05, 3.63) is 42.0 Å². The van der Waals surface area contributed by atoms with E-state index in [2.05, 4.69) is 20.9 Å². The van der Waals surface area contributed by atoms with Crippen LogP contribution in [0.1, 0.15) is 57.3 Å². The van der Waals surface area contributed by atoms with E-state index in [0.717, 1.165) is 25.1 Å². The zero-order chi connectivity index (χ0) is 21.8. The van der Waals surface area contributed by atoms with Crippen LogP contribution in [-0.2, 0) is 27.7 Å². The predicted molar refractivity (Wildman–Crippen MR) is 117 cm³/mol. The van der Waals surface area contributed by atoms with E-state index in [4.69, 9.17) is 4.74 Å². The second-order valence-electron chi connectivity index (χ2n) is 9.26. The summed E-state index contributed by atoms with van der Waals surface area (Å²) < 4.78 is 33.2. The van der Waals surface area contributed by atoms with Gasteiger partial charge in [0, 0.05) is 38.6 Å². The highest BCUT2D eigenvalue weighted by atomic mass is 32.2. The monoisotopic (exact) mass is 434 g/mol. The summed E-state index contributed by atoms with van der Waals surface area (Å²) in [7, 11) is -1.87. The van der Waals surface area contributed by atoms with Crippen LogP contribution in [0.2, 0.25) is 0 Å². The standard InChI is InChI=1S/C22H34N4O3S/c1-22(2,3)17-30(27,28)21-24-15-19(26(21)12-13-29-4)16-25-11-6-5-9-20(25)18-8-7-10-23-14-18/h7-8,10,14-15,20H,5-6,9,11-13,16-17H2,1-4H3/t20-/m0/s1. The Kier molecular flexibility index (Phi) is 7.31. The molecule has 0 radical (unpaired) electrons. The number of pyridine rings is 1. The van der Waals surface area contributed by atoms with Crippen molar-refractivity contribution in [2.75, 3.05) is 26.0 Å². The SMILES string of the molecule is COCCn1c(CN2CCCC[C@H]2c2cccnc2)cnc1S(=O)(=O)CC(C)(C)C. The first-order valence-electron chi connectivity index (χ1n) is 10.6. The van der Waals surface area contributed by atoms with E-state index < -0.39 is 9.84 Å². The molecular weight excluding hydrogens is 400 g/mol. The molecule has 1 fully saturated rings. The molecule has 166 valence electrons. The fourth-order valence-corrected chi connectivity index (χ4v) is 6.19. The van der Waals surface area contributed by atoms with Crippen molar-refractivity contribution in [2.45, 2.75) is 64.3 Å². The molecule has 0 aromatic carbocycles. The lowest BCUT2D eigenvalue weighted by atomic mass is 9.96. The first-order chi connectivity index (χ1) is 14.2. The van der Waals surface area contributed by atoms with Crippen LogP contribution in [0.15, 0.2) is 35.9 Å². The lowest BCUT2D eigenvalue weighted by Gasteiger charge is -2.36. The summed E-state index contributed by atoms with van der Waals surface area (Å²) in [6, 6.07) is 4.38. The van der Waals surface area contributed by atoms with Crippen LogP contribution in [-0.4, -0.2) is 53.9 Å². The number of hydrogen-bond donors (Lipinski definition) is 0. The maximum atomic E-state index is 13.1. The van der Waals surface area contributed by atoms with Crippen LogP contribution >= 0.6 is 0 Å². The number of rotatable bonds is 8. The van der Waals surface area contributed by atoms with Crippen molar-refractivity contribution in [1.29, 1.82) is 0 Å². The molecule has 0 spiro atoms. The Morgan fingerprint density at radius 2 is 2.03 bits per heavy atom. The fourth-order valence-electron chi connectivity index (χ4n) is 4.16. The van der Waals surface area contributed by atoms with E-state index in [1.165, 1.54) is 12.0 Å². The van der Waals surface area contributed by atoms with Gasteiger partial charge in [-0.05, 0) is 36.4 Å². The number of nitrogens with zero attached hydrogens (tertiary/aromatic N) is 4. The van der Waals surface area contributed by atoms with Crippen molar-refractivity contribution >= 4 is 9.84 Å². The summed E-state index contributed by atoms with van der Waals surface area (Å²) in [6.45, 7) is 8.32. The van der Waals surface area contributed by atoms with Crippen molar-refractivity contribution in [2.24, 2.45) is 5.41 Å². The zero-order valence-electron chi connectivity index (χ0n) is 18.5. The Hall–Kier alpha value is -1.77. The molecule has 30 heavy (non-hydrogen) atoms. The average molecular weight is 435 g/mol. The summed E-state index contributed by atoms with van der Waals surface area (Å²) in [6.07, 6.45) is 8.85. The lowest BCUT2D eigenvalue weighted by molar-refractivity contribution is 0.134. The van der Waals surface area contributed by atoms with Gasteiger partial charge in [-0.2, -0.15) is 0 Å². The molecule has 0 aliphatic carbocycles. The summed E-state index contributed by atoms with van der Waals surface area (Å²) >= 11 is 0. The number of sulfone groups is 1. The van der Waals surface area contributed by atoms with Crippen LogP contribution in [0.25, 0.3) is 0 Å². The number of likely N-dealkylation sites (tertiary alicyclic amines) is 1. The number of ether oxygens (including phenoxy) is 1. The third kappa shape index (κ3) is 5.68. The number of imidazole rings is 1. The van der Waals surface area contributed by atoms with Gasteiger partial charge in [-0.25, -0.2) is 13.4 Å². The molecule has 0 saturated carbocycles. The van der Waals surface area contributed by atoms with Crippen LogP contribution < -0.4 is 0 Å². The number of piperidine rings is 1. The minimum atomic E-state index is -3.50. The highest BCUT2D eigenvalue weighted by Crippen LogP contribution is 2.32. The average Bonchev–Trinajstić information content (AvgIpc) is 3.09. The van der Waals surface area contributed by atoms with Gasteiger partial charge in [-0.1, -0.05) is 33.3 Å². The largest absolute Gasteiger partial charge is 0.383 e. The van der Waals surface area contributed by atoms with E-state index in [0.29, 0.717) is 19.7 Å². The molecule has 3 rings (SSSR count). The maximum absolute atomic E-state index is 13.1. The molecule has 1 saturated heterocycles. The molecule has 7 nitrogen and oxygen atoms in total. The number of methoxy groups -OCH3 is 1. The Morgan fingerprint density at radius 3 is 2.70 bits per heavy atom. The topological polar surface area (TPSA) is 77.3 Å². The molecule has 2 aromatic rings. The van der Waals surface area contributed by atoms with Crippen molar-refractivity contribution in [3.8, 4) is 0 Å². The normalized spacial score (nSPS) is 18.6. The van der Waals surface area contributed by atoms with Gasteiger partial charge in [0.1, 0.15) is 0 Å². The third-order valence-electron chi connectivity index (χ3n) is 5.37. The third-order valence-corrected chi connectivity index (χ3v) is 7.50. The minimum Gasteiger partial charge on any atom is -0.383 e. The molecule has 0 amide bonds. The molecule has 2 aromatic heterocycles. The molecule has 1 atom stereocenters. The van der Waals surface area contributed by atoms with Gasteiger partial charge in [0.05, 0.1) is 24.3 Å². The van der Waals surface area contributed by atoms with E-state index >= 15 is 0 Å². The minimum absolute atomic E-state index is 0.0610. The smallest absolute Gasteiger partial charge is 0.227 e. The van der Waals surface area contributed by atoms with Crippen molar-refractivity contribution in [1.82, 2.24) is 19.4 Å². The molecule has 8 heteroatoms. The van der Waals surface area contributed by atoms with Crippen molar-refractivity contribution in [3.63, 3.8) is 0 Å². The predicted octanol–water partition coefficient (Wildman–Crippen LogP) is 3.47. The Morgan fingerprint density at radius 1 is 1.23 bits per heavy atom. The van der Waals surface area contributed by atoms with Gasteiger partial charge in [0.15, 0.2) is 0 Å². The molecule has 1 aliphatic heterocycles. The second kappa shape index (κ2) is 9.58. The molecule has 0 N–H and O–H groups in total. The molecule has 0 unspecified atom stereocenters. The highest BCUT2D eigenvalue weighted by molar-refractivity contribution is 7.91. The lowest BCUT2D eigenvalue weighted by Crippen LogP contribution is -2.34. The van der Waals surface area contributed by atoms with Crippen LogP contribution in [0.3, 0.4) is 0 Å². The van der Waals surface area contributed by atoms with Gasteiger partial charge in [-0.3, -0.25) is 9.88 Å². The van der Waals surface area contributed by atoms with Crippen LogP contribution in [0.5, 0.6) is 0 Å². The molecule has 1 aliphatic rings. The van der Waals surface area contributed by atoms with Crippen LogP contribution in [0.4, 0.5) is 0 Å². The van der Waals surface area contributed by atoms with Crippen LogP contribution in [0, 0.1) is 5.41 Å². The summed E-state index contributed by atoms with van der Waals surface area (Å²) in [5, 5.41) is 0.152. The molecular formula is C22H34N4O3S. The molecule has 3 heterocycles. The Balaban J connectivity index is 1.90. The van der Waals surface area contributed by atoms with Gasteiger partial charge >= 0.3 is 0 Å². The van der Waals surface area contributed by atoms with Crippen molar-refractivity contribution < 1.29 is 13.2 Å². The molecule has 0 bridgehead atoms. The van der Waals surface area contributed by atoms with E-state index in [1.807, 2.05) is 37.6 Å². The first-order valence-corrected chi connectivity index (χ1v) is 12.3. The quantitative estimate of drug-likeness (QED) is 0.633. The van der Waals surface area contributed by atoms with Gasteiger partial charge in [-0.15, -0.1) is 0 Å². The Labute approximate surface area is 180 Å². The van der Waals surface area contributed by atoms with Gasteiger partial charge < -0.3 is 9.30 Å². The zero-order valence-corrected chi connectivity index (χ0v) is 19.4. The summed E-state index contributed by atoms with van der Waals surface area (Å²) in [5.74, 6) is 0.0610. The maximum Gasteiger partial charge on any atom is 0.227 e. The number of aromatic nitrogens is 3. The van der Waals surface area contributed by atoms with Gasteiger partial charge in [0.2, 0.25) is 15.0 Å². The van der Waals surface area contributed by atoms with Gasteiger partial charge in [0.25, 0.3) is 0 Å². The first kappa shape index (κ1) is 22.9. The Bertz CT molecular complexity index is 920. The highest BCUT2D eigenvalue weighted by Gasteiger charge is 2.30. The fraction of sp³-hybridized carbons (Fsp3) is 0.636. The van der Waals surface area contributed by atoms with E-state index in [-0.39, 0.29) is 22.4 Å². The number of hydrogen-bond acceptors (Lipinski definition) is 6. The van der Waals surface area contributed by atoms with E-state index in [9.17, 15) is 8.42 Å². The second-order valence-corrected chi connectivity index (χ2v) is 11.1. The summed E-state index contributed by atoms with van der Waals surface area (Å²) in [5.41, 5.74) is 1.78. The summed E-state index contributed by atoms with van der Waals surface area (Å²) in [4.78, 5) is 11.1. The van der Waals surface area contributed by atoms with E-state index in [1.54, 1.807) is 19.5 Å².